The van der Waals surface area contributed by atoms with E-state index < -0.39 is 36.1 Å². The Hall–Kier alpha value is -1.41. The molecule has 5 unspecified atom stereocenters. The molecule has 3 N–H and O–H groups in total. The monoisotopic (exact) mass is 271 g/mol. The zero-order valence-electron chi connectivity index (χ0n) is 10.4. The quantitative estimate of drug-likeness (QED) is 0.609. The van der Waals surface area contributed by atoms with E-state index in [1.54, 1.807) is 19.1 Å². The second-order valence-corrected chi connectivity index (χ2v) is 4.54. The number of ether oxygens (including phenoxy) is 1. The van der Waals surface area contributed by atoms with Crippen molar-refractivity contribution in [3.63, 3.8) is 0 Å². The first-order chi connectivity index (χ1) is 9.04. The maximum Gasteiger partial charge on any atom is 0.283 e. The van der Waals surface area contributed by atoms with E-state index >= 15 is 0 Å². The summed E-state index contributed by atoms with van der Waals surface area (Å²) in [6, 6.07) is 4.42. The fourth-order valence-corrected chi connectivity index (χ4v) is 1.98. The molecule has 19 heavy (non-hydrogen) atoms. The molecule has 0 spiro atoms. The Labute approximate surface area is 109 Å². The van der Waals surface area contributed by atoms with Gasteiger partial charge in [-0.25, -0.2) is 0 Å². The van der Waals surface area contributed by atoms with Crippen LogP contribution in [0.5, 0.6) is 0 Å². The van der Waals surface area contributed by atoms with Crippen LogP contribution in [0.25, 0.3) is 0 Å². The first kappa shape index (κ1) is 14.0. The molecule has 0 amide bonds. The molecule has 1 fully saturated rings. The maximum absolute atomic E-state index is 11.5. The van der Waals surface area contributed by atoms with Crippen molar-refractivity contribution in [3.05, 3.63) is 34.7 Å². The van der Waals surface area contributed by atoms with Crippen LogP contribution in [0.2, 0.25) is 0 Å². The first-order valence-corrected chi connectivity index (χ1v) is 6.02. The number of hydrogen-bond donors (Lipinski definition) is 3. The summed E-state index contributed by atoms with van der Waals surface area (Å²) in [4.78, 5) is 16.7. The third-order valence-electron chi connectivity index (χ3n) is 3.25. The number of hydrogen-bond acceptors (Lipinski definition) is 6. The summed E-state index contributed by atoms with van der Waals surface area (Å²) in [6.45, 7) is 1.34. The summed E-state index contributed by atoms with van der Waals surface area (Å²) in [7, 11) is 0. The van der Waals surface area contributed by atoms with Gasteiger partial charge in [0.1, 0.15) is 6.10 Å². The summed E-state index contributed by atoms with van der Waals surface area (Å²) in [5.41, 5.74) is -0.424. The molecule has 7 heteroatoms. The maximum atomic E-state index is 11.5. The van der Waals surface area contributed by atoms with E-state index in [0.717, 1.165) is 4.73 Å². The Balaban J connectivity index is 2.15. The Bertz CT molecular complexity index is 473. The first-order valence-electron chi connectivity index (χ1n) is 6.02. The van der Waals surface area contributed by atoms with Gasteiger partial charge >= 0.3 is 0 Å². The van der Waals surface area contributed by atoms with Gasteiger partial charge in [-0.1, -0.05) is 13.0 Å². The van der Waals surface area contributed by atoms with Crippen molar-refractivity contribution in [3.8, 4) is 0 Å². The average molecular weight is 271 g/mol. The molecule has 1 aliphatic rings. The molecular formula is C12H17NO6. The fraction of sp³-hybridized carbons (Fsp3) is 0.583. The van der Waals surface area contributed by atoms with Crippen molar-refractivity contribution >= 4 is 0 Å². The van der Waals surface area contributed by atoms with Gasteiger partial charge < -0.3 is 24.9 Å². The molecule has 7 nitrogen and oxygen atoms in total. The normalized spacial score (nSPS) is 35.1. The molecule has 106 valence electrons. The Morgan fingerprint density at radius 1 is 1.37 bits per heavy atom. The topological polar surface area (TPSA) is 101 Å². The van der Waals surface area contributed by atoms with Crippen LogP contribution < -0.4 is 10.4 Å². The highest BCUT2D eigenvalue weighted by molar-refractivity contribution is 4.92. The van der Waals surface area contributed by atoms with Crippen molar-refractivity contribution in [1.82, 2.24) is 4.73 Å². The van der Waals surface area contributed by atoms with Gasteiger partial charge in [0, 0.05) is 18.2 Å². The van der Waals surface area contributed by atoms with E-state index in [1.165, 1.54) is 12.3 Å². The molecule has 1 aliphatic heterocycles. The molecule has 5 atom stereocenters. The minimum Gasteiger partial charge on any atom is -0.394 e. The van der Waals surface area contributed by atoms with Gasteiger partial charge in [-0.3, -0.25) is 4.79 Å². The number of aliphatic hydroxyl groups is 3. The minimum absolute atomic E-state index is 0.311. The van der Waals surface area contributed by atoms with Crippen LogP contribution in [0.4, 0.5) is 0 Å². The van der Waals surface area contributed by atoms with E-state index in [-0.39, 0.29) is 6.61 Å². The minimum atomic E-state index is -1.30. The molecular weight excluding hydrogens is 254 g/mol. The van der Waals surface area contributed by atoms with Crippen molar-refractivity contribution < 1.29 is 24.9 Å². The van der Waals surface area contributed by atoms with Crippen molar-refractivity contribution in [2.75, 3.05) is 6.61 Å². The molecule has 1 saturated heterocycles. The summed E-state index contributed by atoms with van der Waals surface area (Å²) < 4.78 is 6.26. The van der Waals surface area contributed by atoms with Gasteiger partial charge in [-0.05, 0) is 6.07 Å². The van der Waals surface area contributed by atoms with Gasteiger partial charge in [0.2, 0.25) is 0 Å². The van der Waals surface area contributed by atoms with E-state index in [1.807, 2.05) is 0 Å². The van der Waals surface area contributed by atoms with E-state index in [2.05, 4.69) is 0 Å². The Morgan fingerprint density at radius 3 is 2.74 bits per heavy atom. The highest BCUT2D eigenvalue weighted by atomic mass is 16.8. The van der Waals surface area contributed by atoms with Crippen LogP contribution in [-0.4, -0.2) is 51.3 Å². The van der Waals surface area contributed by atoms with Crippen LogP contribution in [-0.2, 0) is 4.74 Å². The highest BCUT2D eigenvalue weighted by Crippen LogP contribution is 2.25. The molecule has 0 aromatic carbocycles. The lowest BCUT2D eigenvalue weighted by Crippen LogP contribution is -2.58. The van der Waals surface area contributed by atoms with E-state index in [9.17, 15) is 15.0 Å². The summed E-state index contributed by atoms with van der Waals surface area (Å²) in [5.74, 6) is -0.438. The van der Waals surface area contributed by atoms with Gasteiger partial charge in [0.25, 0.3) is 11.8 Å². The standard InChI is InChI=1S/C12H17NO6/c1-7-8(6-14)18-12(11(17)10(7)16)19-13-5-3-2-4-9(13)15/h2-5,7-8,10-12,14,16-17H,6H2,1H3. The number of pyridine rings is 1. The average Bonchev–Trinajstić information content (AvgIpc) is 2.41. The molecule has 1 aromatic rings. The number of aliphatic hydroxyl groups excluding tert-OH is 3. The van der Waals surface area contributed by atoms with Gasteiger partial charge in [0.15, 0.2) is 0 Å². The smallest absolute Gasteiger partial charge is 0.283 e. The summed E-state index contributed by atoms with van der Waals surface area (Å²) in [5, 5.41) is 28.9. The molecule has 2 heterocycles. The molecule has 0 radical (unpaired) electrons. The lowest BCUT2D eigenvalue weighted by Gasteiger charge is -2.40. The van der Waals surface area contributed by atoms with E-state index in [0.29, 0.717) is 0 Å². The van der Waals surface area contributed by atoms with Crippen LogP contribution in [0, 0.1) is 5.92 Å². The van der Waals surface area contributed by atoms with Crippen LogP contribution in [0.15, 0.2) is 29.2 Å². The van der Waals surface area contributed by atoms with Crippen molar-refractivity contribution in [2.45, 2.75) is 31.5 Å². The lowest BCUT2D eigenvalue weighted by molar-refractivity contribution is -0.288. The number of aromatic nitrogens is 1. The largest absolute Gasteiger partial charge is 0.394 e. The number of nitrogens with zero attached hydrogens (tertiary/aromatic N) is 1. The molecule has 0 bridgehead atoms. The fourth-order valence-electron chi connectivity index (χ4n) is 1.98. The SMILES string of the molecule is CC1C(CO)OC(On2ccccc2=O)C(O)C1O. The van der Waals surface area contributed by atoms with E-state index in [4.69, 9.17) is 14.7 Å². The predicted molar refractivity (Wildman–Crippen MR) is 64.2 cm³/mol. The third kappa shape index (κ3) is 2.79. The summed E-state index contributed by atoms with van der Waals surface area (Å²) >= 11 is 0. The molecule has 0 saturated carbocycles. The van der Waals surface area contributed by atoms with Crippen LogP contribution in [0.3, 0.4) is 0 Å². The second-order valence-electron chi connectivity index (χ2n) is 4.54. The summed E-state index contributed by atoms with van der Waals surface area (Å²) in [6.07, 6.45) is -2.91. The van der Waals surface area contributed by atoms with Crippen LogP contribution in [0.1, 0.15) is 6.92 Å². The van der Waals surface area contributed by atoms with Gasteiger partial charge in [-0.15, -0.1) is 4.73 Å². The highest BCUT2D eigenvalue weighted by Gasteiger charge is 2.43. The Kier molecular flexibility index (Phi) is 4.20. The second kappa shape index (κ2) is 5.70. The van der Waals surface area contributed by atoms with Crippen molar-refractivity contribution in [1.29, 1.82) is 0 Å². The third-order valence-corrected chi connectivity index (χ3v) is 3.25. The lowest BCUT2D eigenvalue weighted by atomic mass is 9.91. The molecule has 0 aliphatic carbocycles. The number of rotatable bonds is 3. The van der Waals surface area contributed by atoms with Crippen LogP contribution >= 0.6 is 0 Å². The predicted octanol–water partition coefficient (Wildman–Crippen LogP) is -1.65. The zero-order valence-corrected chi connectivity index (χ0v) is 10.4. The van der Waals surface area contributed by atoms with Crippen molar-refractivity contribution in [2.24, 2.45) is 5.92 Å². The van der Waals surface area contributed by atoms with Gasteiger partial charge in [-0.2, -0.15) is 0 Å². The Morgan fingerprint density at radius 2 is 2.11 bits per heavy atom. The van der Waals surface area contributed by atoms with Gasteiger partial charge in [0.05, 0.1) is 18.8 Å². The zero-order chi connectivity index (χ0) is 14.0. The molecule has 1 aromatic heterocycles. The molecule has 2 rings (SSSR count).